The summed E-state index contributed by atoms with van der Waals surface area (Å²) in [7, 11) is 0. The SMILES string of the molecule is CCCCCCCCCCCCCCCCCCCCCCCCC(=O)N[C@@H](CO[C@H]1O[C@@H](CO)[C@H](O)C(O)C1O)[C@H](O)CCCCCCCCCCCCCCC. The summed E-state index contributed by atoms with van der Waals surface area (Å²) < 4.78 is 11.3. The van der Waals surface area contributed by atoms with Crippen molar-refractivity contribution < 1.29 is 39.8 Å². The van der Waals surface area contributed by atoms with Crippen LogP contribution >= 0.6 is 0 Å². The van der Waals surface area contributed by atoms with Gasteiger partial charge in [0.05, 0.1) is 25.4 Å². The molecule has 1 saturated heterocycles. The van der Waals surface area contributed by atoms with E-state index in [-0.39, 0.29) is 12.5 Å². The molecule has 7 atom stereocenters. The molecule has 1 heterocycles. The number of unbranched alkanes of at least 4 members (excludes halogenated alkanes) is 33. The number of carbonyl (C=O) groups excluding carboxylic acids is 1. The third-order valence-corrected chi connectivity index (χ3v) is 12.5. The van der Waals surface area contributed by atoms with Crippen LogP contribution in [0, 0.1) is 0 Å². The van der Waals surface area contributed by atoms with Crippen molar-refractivity contribution in [2.75, 3.05) is 13.2 Å². The van der Waals surface area contributed by atoms with Gasteiger partial charge < -0.3 is 40.3 Å². The second kappa shape index (κ2) is 40.3. The molecule has 0 bridgehead atoms. The quantitative estimate of drug-likeness (QED) is 0.0333. The molecule has 346 valence electrons. The maximum Gasteiger partial charge on any atom is 0.220 e. The Morgan fingerprint density at radius 1 is 0.517 bits per heavy atom. The highest BCUT2D eigenvalue weighted by molar-refractivity contribution is 5.76. The van der Waals surface area contributed by atoms with Gasteiger partial charge in [0.2, 0.25) is 5.91 Å². The summed E-state index contributed by atoms with van der Waals surface area (Å²) in [5, 5.41) is 54.4. The maximum atomic E-state index is 13.0. The summed E-state index contributed by atoms with van der Waals surface area (Å²) in [5.74, 6) is -0.139. The topological polar surface area (TPSA) is 149 Å². The first kappa shape index (κ1) is 55.2. The Morgan fingerprint density at radius 3 is 1.22 bits per heavy atom. The van der Waals surface area contributed by atoms with E-state index in [1.54, 1.807) is 0 Å². The van der Waals surface area contributed by atoms with Crippen molar-refractivity contribution in [3.63, 3.8) is 0 Å². The molecule has 1 fully saturated rings. The molecule has 0 aromatic rings. The summed E-state index contributed by atoms with van der Waals surface area (Å²) in [6, 6.07) is -0.711. The number of hydrogen-bond donors (Lipinski definition) is 6. The van der Waals surface area contributed by atoms with Crippen molar-refractivity contribution >= 4 is 5.91 Å². The smallest absolute Gasteiger partial charge is 0.220 e. The van der Waals surface area contributed by atoms with Crippen molar-refractivity contribution in [3.05, 3.63) is 0 Å². The lowest BCUT2D eigenvalue weighted by Gasteiger charge is -2.40. The van der Waals surface area contributed by atoms with E-state index >= 15 is 0 Å². The lowest BCUT2D eigenvalue weighted by molar-refractivity contribution is -0.302. The largest absolute Gasteiger partial charge is 0.394 e. The maximum absolute atomic E-state index is 13.0. The molecular formula is C49H97NO8. The number of rotatable bonds is 43. The van der Waals surface area contributed by atoms with Gasteiger partial charge >= 0.3 is 0 Å². The number of ether oxygens (including phenoxy) is 2. The van der Waals surface area contributed by atoms with E-state index in [1.165, 1.54) is 186 Å². The monoisotopic (exact) mass is 828 g/mol. The molecule has 9 heteroatoms. The van der Waals surface area contributed by atoms with Gasteiger partial charge in [0.15, 0.2) is 6.29 Å². The van der Waals surface area contributed by atoms with Crippen molar-refractivity contribution in [2.45, 2.75) is 294 Å². The highest BCUT2D eigenvalue weighted by Gasteiger charge is 2.44. The van der Waals surface area contributed by atoms with Gasteiger partial charge in [0.25, 0.3) is 0 Å². The number of aliphatic hydroxyl groups is 5. The molecule has 1 amide bonds. The Balaban J connectivity index is 2.22. The second-order valence-corrected chi connectivity index (χ2v) is 18.0. The zero-order valence-corrected chi connectivity index (χ0v) is 38.1. The standard InChI is InChI=1S/C49H97NO8/c1-3-5-7-9-11-13-15-17-18-19-20-21-22-23-24-25-27-29-31-33-35-37-39-45(53)50-42(41-57-49-48(56)47(55)46(54)44(40-51)58-49)43(52)38-36-34-32-30-28-26-16-14-12-10-8-6-4-2/h42-44,46-49,51-52,54-56H,3-41H2,1-2H3,(H,50,53)/t42-,43+,44-,46-,47?,48?,49-/m0/s1. The number of hydrogen-bond acceptors (Lipinski definition) is 8. The molecule has 9 nitrogen and oxygen atoms in total. The van der Waals surface area contributed by atoms with E-state index in [1.807, 2.05) is 0 Å². The fraction of sp³-hybridized carbons (Fsp3) is 0.980. The second-order valence-electron chi connectivity index (χ2n) is 18.0. The molecule has 1 rings (SSSR count). The molecule has 58 heavy (non-hydrogen) atoms. The Hall–Kier alpha value is -0.810. The lowest BCUT2D eigenvalue weighted by Crippen LogP contribution is -2.60. The van der Waals surface area contributed by atoms with Gasteiger partial charge in [-0.1, -0.05) is 232 Å². The summed E-state index contributed by atoms with van der Waals surface area (Å²) in [5.41, 5.74) is 0. The first-order valence-electron chi connectivity index (χ1n) is 25.2. The number of amides is 1. The fourth-order valence-corrected chi connectivity index (χ4v) is 8.40. The zero-order chi connectivity index (χ0) is 42.3. The van der Waals surface area contributed by atoms with E-state index < -0.39 is 49.5 Å². The van der Waals surface area contributed by atoms with Crippen molar-refractivity contribution in [2.24, 2.45) is 0 Å². The molecule has 2 unspecified atom stereocenters. The highest BCUT2D eigenvalue weighted by Crippen LogP contribution is 2.23. The normalized spacial score (nSPS) is 20.7. The molecule has 1 aliphatic heterocycles. The van der Waals surface area contributed by atoms with Crippen molar-refractivity contribution in [3.8, 4) is 0 Å². The van der Waals surface area contributed by atoms with Crippen LogP contribution in [0.3, 0.4) is 0 Å². The number of nitrogens with one attached hydrogen (secondary N) is 1. The van der Waals surface area contributed by atoms with Crippen LogP contribution in [0.4, 0.5) is 0 Å². The van der Waals surface area contributed by atoms with Gasteiger partial charge in [0.1, 0.15) is 24.4 Å². The van der Waals surface area contributed by atoms with Gasteiger partial charge in [-0.05, 0) is 12.8 Å². The van der Waals surface area contributed by atoms with Crippen LogP contribution in [-0.4, -0.2) is 87.5 Å². The van der Waals surface area contributed by atoms with Crippen LogP contribution in [0.2, 0.25) is 0 Å². The van der Waals surface area contributed by atoms with Gasteiger partial charge in [-0.25, -0.2) is 0 Å². The Kier molecular flexibility index (Phi) is 38.3. The van der Waals surface area contributed by atoms with Crippen molar-refractivity contribution in [1.82, 2.24) is 5.32 Å². The number of carbonyl (C=O) groups is 1. The van der Waals surface area contributed by atoms with Gasteiger partial charge in [-0.3, -0.25) is 4.79 Å². The van der Waals surface area contributed by atoms with Crippen LogP contribution < -0.4 is 5.32 Å². The zero-order valence-electron chi connectivity index (χ0n) is 38.1. The van der Waals surface area contributed by atoms with Gasteiger partial charge in [0, 0.05) is 6.42 Å². The molecule has 0 spiro atoms. The van der Waals surface area contributed by atoms with E-state index in [0.29, 0.717) is 12.8 Å². The average molecular weight is 828 g/mol. The van der Waals surface area contributed by atoms with Crippen LogP contribution in [0.25, 0.3) is 0 Å². The first-order valence-corrected chi connectivity index (χ1v) is 25.2. The predicted octanol–water partition coefficient (Wildman–Crippen LogP) is 11.1. The summed E-state index contributed by atoms with van der Waals surface area (Å²) in [6.07, 6.45) is 38.3. The van der Waals surface area contributed by atoms with Crippen LogP contribution in [0.15, 0.2) is 0 Å². The summed E-state index contributed by atoms with van der Waals surface area (Å²) in [6.45, 7) is 3.86. The van der Waals surface area contributed by atoms with Gasteiger partial charge in [-0.15, -0.1) is 0 Å². The van der Waals surface area contributed by atoms with E-state index in [9.17, 15) is 30.3 Å². The average Bonchev–Trinajstić information content (AvgIpc) is 3.22. The minimum absolute atomic E-state index is 0.132. The Morgan fingerprint density at radius 2 is 0.862 bits per heavy atom. The van der Waals surface area contributed by atoms with Crippen LogP contribution in [-0.2, 0) is 14.3 Å². The molecule has 0 radical (unpaired) electrons. The van der Waals surface area contributed by atoms with Crippen LogP contribution in [0.5, 0.6) is 0 Å². The minimum atomic E-state index is -1.55. The minimum Gasteiger partial charge on any atom is -0.394 e. The summed E-state index contributed by atoms with van der Waals surface area (Å²) >= 11 is 0. The summed E-state index contributed by atoms with van der Waals surface area (Å²) in [4.78, 5) is 13.0. The molecule has 6 N–H and O–H groups in total. The molecule has 0 aromatic carbocycles. The Bertz CT molecular complexity index is 878. The highest BCUT2D eigenvalue weighted by atomic mass is 16.7. The number of aliphatic hydroxyl groups excluding tert-OH is 5. The van der Waals surface area contributed by atoms with Crippen molar-refractivity contribution in [1.29, 1.82) is 0 Å². The van der Waals surface area contributed by atoms with E-state index in [0.717, 1.165) is 38.5 Å². The Labute approximate surface area is 357 Å². The van der Waals surface area contributed by atoms with E-state index in [2.05, 4.69) is 19.2 Å². The lowest BCUT2D eigenvalue weighted by atomic mass is 9.99. The third kappa shape index (κ3) is 30.3. The van der Waals surface area contributed by atoms with Gasteiger partial charge in [-0.2, -0.15) is 0 Å². The van der Waals surface area contributed by atoms with Crippen LogP contribution in [0.1, 0.15) is 251 Å². The third-order valence-electron chi connectivity index (χ3n) is 12.5. The molecule has 1 aliphatic rings. The molecule has 0 saturated carbocycles. The fourth-order valence-electron chi connectivity index (χ4n) is 8.40. The first-order chi connectivity index (χ1) is 28.3. The predicted molar refractivity (Wildman–Crippen MR) is 240 cm³/mol. The molecule has 0 aromatic heterocycles. The molecular weight excluding hydrogens is 731 g/mol. The molecule has 0 aliphatic carbocycles. The van der Waals surface area contributed by atoms with E-state index in [4.69, 9.17) is 9.47 Å².